The first kappa shape index (κ1) is 14.0. The normalized spacial score (nSPS) is 11.9. The van der Waals surface area contributed by atoms with Crippen LogP contribution in [-0.4, -0.2) is 22.5 Å². The lowest BCUT2D eigenvalue weighted by molar-refractivity contribution is -0.384. The zero-order chi connectivity index (χ0) is 13.7. The maximum atomic E-state index is 10.8. The quantitative estimate of drug-likeness (QED) is 0.599. The molecule has 1 aromatic rings. The van der Waals surface area contributed by atoms with Gasteiger partial charge in [0.15, 0.2) is 0 Å². The van der Waals surface area contributed by atoms with E-state index in [1.54, 1.807) is 19.1 Å². The third-order valence-electron chi connectivity index (χ3n) is 2.66. The van der Waals surface area contributed by atoms with Crippen LogP contribution in [0.3, 0.4) is 0 Å². The van der Waals surface area contributed by atoms with Gasteiger partial charge in [-0.2, -0.15) is 0 Å². The van der Waals surface area contributed by atoms with Gasteiger partial charge in [0.1, 0.15) is 5.69 Å². The molecule has 0 heterocycles. The minimum Gasteiger partial charge on any atom is -0.481 e. The molecule has 0 amide bonds. The molecule has 0 aliphatic heterocycles. The summed E-state index contributed by atoms with van der Waals surface area (Å²) in [5.74, 6) is -1.34. The van der Waals surface area contributed by atoms with Crippen LogP contribution in [0.5, 0.6) is 0 Å². The highest BCUT2D eigenvalue weighted by atomic mass is 16.6. The number of carbonyl (C=O) groups is 1. The second kappa shape index (κ2) is 6.00. The van der Waals surface area contributed by atoms with E-state index in [1.165, 1.54) is 6.07 Å². The maximum absolute atomic E-state index is 10.8. The summed E-state index contributed by atoms with van der Waals surface area (Å²) < 4.78 is 0. The van der Waals surface area contributed by atoms with Crippen molar-refractivity contribution >= 4 is 17.3 Å². The summed E-state index contributed by atoms with van der Waals surface area (Å²) in [6, 6.07) is 4.80. The van der Waals surface area contributed by atoms with E-state index in [4.69, 9.17) is 5.11 Å². The Morgan fingerprint density at radius 3 is 2.78 bits per heavy atom. The fourth-order valence-corrected chi connectivity index (χ4v) is 1.50. The summed E-state index contributed by atoms with van der Waals surface area (Å²) in [7, 11) is 0. The zero-order valence-corrected chi connectivity index (χ0v) is 10.3. The van der Waals surface area contributed by atoms with Crippen molar-refractivity contribution in [2.45, 2.75) is 20.3 Å². The standard InChI is InChI=1S/C12H16N2O4/c1-8-3-4-11(14(17)18)10(7-8)13-6-5-9(2)12(15)16/h3-4,7,9,13H,5-6H2,1-2H3,(H,15,16). The number of benzene rings is 1. The van der Waals surface area contributed by atoms with Crippen LogP contribution in [0, 0.1) is 23.0 Å². The number of aliphatic carboxylic acids is 1. The number of hydrogen-bond acceptors (Lipinski definition) is 4. The van der Waals surface area contributed by atoms with Crippen LogP contribution in [0.2, 0.25) is 0 Å². The summed E-state index contributed by atoms with van der Waals surface area (Å²) in [4.78, 5) is 21.0. The predicted octanol–water partition coefficient (Wildman–Crippen LogP) is 2.43. The summed E-state index contributed by atoms with van der Waals surface area (Å²) in [5, 5.41) is 22.5. The largest absolute Gasteiger partial charge is 0.481 e. The van der Waals surface area contributed by atoms with Crippen LogP contribution in [0.4, 0.5) is 11.4 Å². The number of nitrogens with one attached hydrogen (secondary N) is 1. The van der Waals surface area contributed by atoms with E-state index in [-0.39, 0.29) is 5.69 Å². The lowest BCUT2D eigenvalue weighted by Gasteiger charge is -2.09. The van der Waals surface area contributed by atoms with Gasteiger partial charge in [-0.1, -0.05) is 13.0 Å². The molecule has 2 N–H and O–H groups in total. The highest BCUT2D eigenvalue weighted by Crippen LogP contribution is 2.25. The number of carboxylic acid groups (broad SMARTS) is 1. The predicted molar refractivity (Wildman–Crippen MR) is 67.7 cm³/mol. The summed E-state index contributed by atoms with van der Waals surface area (Å²) in [5.41, 5.74) is 1.34. The van der Waals surface area contributed by atoms with E-state index in [0.29, 0.717) is 18.7 Å². The van der Waals surface area contributed by atoms with E-state index >= 15 is 0 Å². The summed E-state index contributed by atoms with van der Waals surface area (Å²) in [6.07, 6.45) is 0.417. The molecule has 0 saturated carbocycles. The van der Waals surface area contributed by atoms with Crippen molar-refractivity contribution in [1.82, 2.24) is 0 Å². The molecule has 0 spiro atoms. The lowest BCUT2D eigenvalue weighted by atomic mass is 10.1. The van der Waals surface area contributed by atoms with Crippen LogP contribution < -0.4 is 5.32 Å². The van der Waals surface area contributed by atoms with Crippen molar-refractivity contribution in [1.29, 1.82) is 0 Å². The van der Waals surface area contributed by atoms with Gasteiger partial charge in [0, 0.05) is 12.6 Å². The van der Waals surface area contributed by atoms with Gasteiger partial charge in [-0.3, -0.25) is 14.9 Å². The van der Waals surface area contributed by atoms with Crippen LogP contribution in [0.15, 0.2) is 18.2 Å². The number of nitrogens with zero attached hydrogens (tertiary/aromatic N) is 1. The Bertz CT molecular complexity index is 459. The van der Waals surface area contributed by atoms with Gasteiger partial charge in [-0.25, -0.2) is 0 Å². The number of nitro groups is 1. The molecule has 1 unspecified atom stereocenters. The molecule has 0 radical (unpaired) electrons. The summed E-state index contributed by atoms with van der Waals surface area (Å²) >= 11 is 0. The minimum absolute atomic E-state index is 0.00331. The van der Waals surface area contributed by atoms with Gasteiger partial charge in [0.05, 0.1) is 10.8 Å². The number of carboxylic acids is 1. The van der Waals surface area contributed by atoms with Gasteiger partial charge in [0.25, 0.3) is 5.69 Å². The Morgan fingerprint density at radius 1 is 1.56 bits per heavy atom. The number of rotatable bonds is 6. The second-order valence-electron chi connectivity index (χ2n) is 4.23. The molecule has 0 fully saturated rings. The topological polar surface area (TPSA) is 92.5 Å². The lowest BCUT2D eigenvalue weighted by Crippen LogP contribution is -2.14. The molecule has 1 aromatic carbocycles. The number of nitro benzene ring substituents is 1. The fraction of sp³-hybridized carbons (Fsp3) is 0.417. The first-order valence-corrected chi connectivity index (χ1v) is 5.63. The molecule has 0 bridgehead atoms. The number of aryl methyl sites for hydroxylation is 1. The minimum atomic E-state index is -0.865. The Balaban J connectivity index is 2.69. The highest BCUT2D eigenvalue weighted by molar-refractivity contribution is 5.69. The molecule has 0 aromatic heterocycles. The smallest absolute Gasteiger partial charge is 0.306 e. The van der Waals surface area contributed by atoms with E-state index < -0.39 is 16.8 Å². The van der Waals surface area contributed by atoms with Crippen LogP contribution in [0.25, 0.3) is 0 Å². The first-order valence-electron chi connectivity index (χ1n) is 5.63. The Morgan fingerprint density at radius 2 is 2.22 bits per heavy atom. The average Bonchev–Trinajstić information content (AvgIpc) is 2.28. The van der Waals surface area contributed by atoms with Crippen molar-refractivity contribution in [3.05, 3.63) is 33.9 Å². The molecule has 1 atom stereocenters. The first-order chi connectivity index (χ1) is 8.41. The Labute approximate surface area is 105 Å². The summed E-state index contributed by atoms with van der Waals surface area (Å²) in [6.45, 7) is 3.83. The second-order valence-corrected chi connectivity index (χ2v) is 4.23. The molecule has 0 aliphatic rings. The zero-order valence-electron chi connectivity index (χ0n) is 10.3. The van der Waals surface area contributed by atoms with Crippen molar-refractivity contribution in [2.75, 3.05) is 11.9 Å². The van der Waals surface area contributed by atoms with Gasteiger partial charge in [-0.15, -0.1) is 0 Å². The third kappa shape index (κ3) is 3.73. The van der Waals surface area contributed by atoms with Gasteiger partial charge in [-0.05, 0) is 25.0 Å². The van der Waals surface area contributed by atoms with Crippen molar-refractivity contribution < 1.29 is 14.8 Å². The number of anilines is 1. The van der Waals surface area contributed by atoms with Crippen LogP contribution in [-0.2, 0) is 4.79 Å². The van der Waals surface area contributed by atoms with Gasteiger partial charge < -0.3 is 10.4 Å². The molecular weight excluding hydrogens is 236 g/mol. The van der Waals surface area contributed by atoms with Crippen LogP contribution in [0.1, 0.15) is 18.9 Å². The maximum Gasteiger partial charge on any atom is 0.306 e. The molecule has 6 nitrogen and oxygen atoms in total. The molecule has 1 rings (SSSR count). The van der Waals surface area contributed by atoms with Crippen molar-refractivity contribution in [3.8, 4) is 0 Å². The fourth-order valence-electron chi connectivity index (χ4n) is 1.50. The highest BCUT2D eigenvalue weighted by Gasteiger charge is 2.14. The van der Waals surface area contributed by atoms with E-state index in [0.717, 1.165) is 5.56 Å². The molecule has 0 saturated heterocycles. The molecule has 18 heavy (non-hydrogen) atoms. The van der Waals surface area contributed by atoms with E-state index in [1.807, 2.05) is 6.92 Å². The average molecular weight is 252 g/mol. The molecule has 6 heteroatoms. The molecular formula is C12H16N2O4. The SMILES string of the molecule is Cc1ccc([N+](=O)[O-])c(NCCC(C)C(=O)O)c1. The van der Waals surface area contributed by atoms with Crippen LogP contribution >= 0.6 is 0 Å². The molecule has 0 aliphatic carbocycles. The third-order valence-corrected chi connectivity index (χ3v) is 2.66. The van der Waals surface area contributed by atoms with E-state index in [2.05, 4.69) is 5.32 Å². The Hall–Kier alpha value is -2.11. The van der Waals surface area contributed by atoms with E-state index in [9.17, 15) is 14.9 Å². The van der Waals surface area contributed by atoms with Gasteiger partial charge >= 0.3 is 5.97 Å². The van der Waals surface area contributed by atoms with Gasteiger partial charge in [0.2, 0.25) is 0 Å². The Kier molecular flexibility index (Phi) is 4.65. The monoisotopic (exact) mass is 252 g/mol. The number of hydrogen-bond donors (Lipinski definition) is 2. The van der Waals surface area contributed by atoms with Crippen molar-refractivity contribution in [3.63, 3.8) is 0 Å². The molecule has 98 valence electrons. The van der Waals surface area contributed by atoms with Crippen molar-refractivity contribution in [2.24, 2.45) is 5.92 Å².